The molecule has 0 aromatic heterocycles. The second-order valence-corrected chi connectivity index (χ2v) is 3.99. The maximum Gasteiger partial charge on any atom is 0.0955 e. The van der Waals surface area contributed by atoms with Crippen molar-refractivity contribution in [1.82, 2.24) is 5.32 Å². The molecule has 2 heteroatoms. The fraction of sp³-hybridized carbons (Fsp3) is 1.00. The molecule has 0 aliphatic carbocycles. The Labute approximate surface area is 69.3 Å². The molecule has 2 nitrogen and oxygen atoms in total. The Morgan fingerprint density at radius 1 is 1.18 bits per heavy atom. The van der Waals surface area contributed by atoms with Gasteiger partial charge in [0.25, 0.3) is 0 Å². The van der Waals surface area contributed by atoms with Crippen molar-refractivity contribution >= 4 is 0 Å². The highest BCUT2D eigenvalue weighted by Gasteiger charge is 2.41. The van der Waals surface area contributed by atoms with Gasteiger partial charge in [-0.25, -0.2) is 0 Å². The minimum absolute atomic E-state index is 0.133. The molecule has 0 amide bonds. The van der Waals surface area contributed by atoms with Gasteiger partial charge >= 0.3 is 0 Å². The lowest BCUT2D eigenvalue weighted by molar-refractivity contribution is -0.138. The third-order valence-electron chi connectivity index (χ3n) is 2.37. The largest absolute Gasteiger partial charge is 0.369 e. The summed E-state index contributed by atoms with van der Waals surface area (Å²) < 4.78 is 5.87. The van der Waals surface area contributed by atoms with Crippen LogP contribution < -0.4 is 5.32 Å². The molecule has 0 saturated carbocycles. The van der Waals surface area contributed by atoms with Crippen LogP contribution in [-0.2, 0) is 4.74 Å². The van der Waals surface area contributed by atoms with Crippen molar-refractivity contribution in [1.29, 1.82) is 0 Å². The van der Waals surface area contributed by atoms with Gasteiger partial charge in [-0.15, -0.1) is 0 Å². The van der Waals surface area contributed by atoms with E-state index in [1.807, 2.05) is 0 Å². The average Bonchev–Trinajstić information content (AvgIpc) is 1.77. The van der Waals surface area contributed by atoms with E-state index in [1.165, 1.54) is 0 Å². The first kappa shape index (κ1) is 9.01. The second-order valence-electron chi connectivity index (χ2n) is 3.99. The smallest absolute Gasteiger partial charge is 0.0955 e. The summed E-state index contributed by atoms with van der Waals surface area (Å²) in [5, 5.41) is 3.26. The molecule has 0 bridgehead atoms. The number of ether oxygens (including phenoxy) is 1. The Morgan fingerprint density at radius 3 is 1.82 bits per heavy atom. The predicted octanol–water partition coefficient (Wildman–Crippen LogP) is 1.41. The highest BCUT2D eigenvalue weighted by Crippen LogP contribution is 2.27. The van der Waals surface area contributed by atoms with E-state index in [-0.39, 0.29) is 5.60 Å². The number of hydrogen-bond acceptors (Lipinski definition) is 2. The van der Waals surface area contributed by atoms with Gasteiger partial charge in [-0.3, -0.25) is 0 Å². The Morgan fingerprint density at radius 2 is 1.73 bits per heavy atom. The van der Waals surface area contributed by atoms with E-state index in [4.69, 9.17) is 4.74 Å². The highest BCUT2D eigenvalue weighted by molar-refractivity contribution is 4.97. The molecule has 11 heavy (non-hydrogen) atoms. The fourth-order valence-corrected chi connectivity index (χ4v) is 1.47. The first-order valence-electron chi connectivity index (χ1n) is 4.45. The lowest BCUT2D eigenvalue weighted by Gasteiger charge is -2.46. The van der Waals surface area contributed by atoms with Crippen molar-refractivity contribution in [2.45, 2.75) is 39.4 Å². The topological polar surface area (TPSA) is 21.3 Å². The molecule has 1 rings (SSSR count). The molecule has 0 aromatic rings. The highest BCUT2D eigenvalue weighted by atomic mass is 16.5. The van der Waals surface area contributed by atoms with E-state index in [1.54, 1.807) is 0 Å². The van der Waals surface area contributed by atoms with Crippen LogP contribution in [0.1, 0.15) is 27.7 Å². The molecule has 1 saturated heterocycles. The van der Waals surface area contributed by atoms with Crippen molar-refractivity contribution in [3.8, 4) is 0 Å². The standard InChI is InChI=1S/C9H19NO/c1-7(2)9(5-10-6-9)11-8(3)4/h7-8,10H,5-6H2,1-4H3. The number of rotatable bonds is 3. The van der Waals surface area contributed by atoms with Gasteiger partial charge in [0.1, 0.15) is 0 Å². The minimum Gasteiger partial charge on any atom is -0.369 e. The van der Waals surface area contributed by atoms with Crippen molar-refractivity contribution in [2.24, 2.45) is 5.92 Å². The zero-order chi connectivity index (χ0) is 8.48. The summed E-state index contributed by atoms with van der Waals surface area (Å²) in [7, 11) is 0. The quantitative estimate of drug-likeness (QED) is 0.669. The zero-order valence-corrected chi connectivity index (χ0v) is 7.98. The number of nitrogens with one attached hydrogen (secondary N) is 1. The Bertz CT molecular complexity index is 128. The monoisotopic (exact) mass is 157 g/mol. The van der Waals surface area contributed by atoms with Crippen LogP contribution in [0.2, 0.25) is 0 Å². The third kappa shape index (κ3) is 1.74. The van der Waals surface area contributed by atoms with Crippen molar-refractivity contribution < 1.29 is 4.74 Å². The Balaban J connectivity index is 2.47. The van der Waals surface area contributed by atoms with Gasteiger partial charge in [0.2, 0.25) is 0 Å². The Hall–Kier alpha value is -0.0800. The summed E-state index contributed by atoms with van der Waals surface area (Å²) >= 11 is 0. The first-order chi connectivity index (χ1) is 5.07. The fourth-order valence-electron chi connectivity index (χ4n) is 1.47. The van der Waals surface area contributed by atoms with Crippen molar-refractivity contribution in [3.05, 3.63) is 0 Å². The van der Waals surface area contributed by atoms with Gasteiger partial charge in [-0.2, -0.15) is 0 Å². The molecule has 0 atom stereocenters. The molecular weight excluding hydrogens is 138 g/mol. The zero-order valence-electron chi connectivity index (χ0n) is 7.98. The van der Waals surface area contributed by atoms with Crippen LogP contribution in [0.4, 0.5) is 0 Å². The first-order valence-corrected chi connectivity index (χ1v) is 4.45. The lowest BCUT2D eigenvalue weighted by Crippen LogP contribution is -2.64. The van der Waals surface area contributed by atoms with Crippen LogP contribution in [0.15, 0.2) is 0 Å². The van der Waals surface area contributed by atoms with Crippen LogP contribution in [-0.4, -0.2) is 24.8 Å². The maximum atomic E-state index is 5.87. The molecule has 0 aromatic carbocycles. The second kappa shape index (κ2) is 3.11. The molecule has 1 N–H and O–H groups in total. The molecular formula is C9H19NO. The van der Waals surface area contributed by atoms with Crippen LogP contribution in [0.3, 0.4) is 0 Å². The van der Waals surface area contributed by atoms with E-state index < -0.39 is 0 Å². The van der Waals surface area contributed by atoms with E-state index in [2.05, 4.69) is 33.0 Å². The van der Waals surface area contributed by atoms with E-state index in [0.717, 1.165) is 13.1 Å². The summed E-state index contributed by atoms with van der Waals surface area (Å²) in [4.78, 5) is 0. The molecule has 66 valence electrons. The summed E-state index contributed by atoms with van der Waals surface area (Å²) in [5.74, 6) is 0.617. The van der Waals surface area contributed by atoms with E-state index in [0.29, 0.717) is 12.0 Å². The normalized spacial score (nSPS) is 22.4. The molecule has 0 spiro atoms. The van der Waals surface area contributed by atoms with Crippen LogP contribution in [0.25, 0.3) is 0 Å². The molecule has 1 aliphatic heterocycles. The average molecular weight is 157 g/mol. The molecule has 0 radical (unpaired) electrons. The summed E-state index contributed by atoms with van der Waals surface area (Å²) in [6.07, 6.45) is 0.347. The number of hydrogen-bond donors (Lipinski definition) is 1. The van der Waals surface area contributed by atoms with Gasteiger partial charge in [-0.05, 0) is 19.8 Å². The lowest BCUT2D eigenvalue weighted by atomic mass is 9.84. The molecule has 1 fully saturated rings. The van der Waals surface area contributed by atoms with Gasteiger partial charge in [0, 0.05) is 13.1 Å². The SMILES string of the molecule is CC(C)OC1(C(C)C)CNC1. The van der Waals surface area contributed by atoms with Crippen molar-refractivity contribution in [3.63, 3.8) is 0 Å². The molecule has 1 aliphatic rings. The van der Waals surface area contributed by atoms with Gasteiger partial charge in [0.05, 0.1) is 11.7 Å². The molecule has 1 heterocycles. The van der Waals surface area contributed by atoms with Gasteiger partial charge < -0.3 is 10.1 Å². The van der Waals surface area contributed by atoms with Gasteiger partial charge in [0.15, 0.2) is 0 Å². The van der Waals surface area contributed by atoms with E-state index >= 15 is 0 Å². The van der Waals surface area contributed by atoms with Crippen LogP contribution in [0.5, 0.6) is 0 Å². The van der Waals surface area contributed by atoms with Crippen LogP contribution in [0, 0.1) is 5.92 Å². The van der Waals surface area contributed by atoms with Crippen molar-refractivity contribution in [2.75, 3.05) is 13.1 Å². The molecule has 0 unspecified atom stereocenters. The third-order valence-corrected chi connectivity index (χ3v) is 2.37. The maximum absolute atomic E-state index is 5.87. The Kier molecular flexibility index (Phi) is 2.55. The van der Waals surface area contributed by atoms with Gasteiger partial charge in [-0.1, -0.05) is 13.8 Å². The summed E-state index contributed by atoms with van der Waals surface area (Å²) in [6, 6.07) is 0. The van der Waals surface area contributed by atoms with Crippen LogP contribution >= 0.6 is 0 Å². The van der Waals surface area contributed by atoms with E-state index in [9.17, 15) is 0 Å². The predicted molar refractivity (Wildman–Crippen MR) is 46.7 cm³/mol. The minimum atomic E-state index is 0.133. The summed E-state index contributed by atoms with van der Waals surface area (Å²) in [5.41, 5.74) is 0.133. The summed E-state index contributed by atoms with van der Waals surface area (Å²) in [6.45, 7) is 10.7.